The smallest absolute Gasteiger partial charge is 0.144 e. The molecule has 0 saturated carbocycles. The van der Waals surface area contributed by atoms with E-state index in [1.54, 1.807) is 24.4 Å². The molecule has 18 heavy (non-hydrogen) atoms. The molecule has 2 rings (SSSR count). The van der Waals surface area contributed by atoms with Crippen molar-refractivity contribution in [3.05, 3.63) is 59.3 Å². The van der Waals surface area contributed by atoms with Crippen LogP contribution in [0.25, 0.3) is 0 Å². The Balaban J connectivity index is 2.12. The fourth-order valence-corrected chi connectivity index (χ4v) is 1.57. The van der Waals surface area contributed by atoms with Crippen LogP contribution in [0.2, 0.25) is 0 Å². The van der Waals surface area contributed by atoms with Crippen LogP contribution in [0, 0.1) is 22.7 Å². The summed E-state index contributed by atoms with van der Waals surface area (Å²) in [7, 11) is 0. The number of pyridine rings is 1. The maximum atomic E-state index is 8.92. The third-order valence-corrected chi connectivity index (χ3v) is 2.44. The predicted molar refractivity (Wildman–Crippen MR) is 67.4 cm³/mol. The molecule has 0 spiro atoms. The molecule has 1 aromatic heterocycles. The third-order valence-electron chi connectivity index (χ3n) is 2.44. The summed E-state index contributed by atoms with van der Waals surface area (Å²) in [6.45, 7) is 0.529. The second-order valence-corrected chi connectivity index (χ2v) is 3.68. The normalized spacial score (nSPS) is 9.22. The van der Waals surface area contributed by atoms with Crippen molar-refractivity contribution in [1.29, 1.82) is 10.5 Å². The third kappa shape index (κ3) is 2.63. The van der Waals surface area contributed by atoms with Crippen molar-refractivity contribution in [2.24, 2.45) is 0 Å². The lowest BCUT2D eigenvalue weighted by molar-refractivity contribution is 1.10. The van der Waals surface area contributed by atoms with Crippen LogP contribution < -0.4 is 5.32 Å². The molecule has 0 aliphatic rings. The van der Waals surface area contributed by atoms with Crippen LogP contribution in [0.1, 0.15) is 16.7 Å². The van der Waals surface area contributed by atoms with Crippen molar-refractivity contribution < 1.29 is 0 Å². The van der Waals surface area contributed by atoms with Gasteiger partial charge in [-0.1, -0.05) is 12.1 Å². The Hall–Kier alpha value is -2.85. The highest BCUT2D eigenvalue weighted by Crippen LogP contribution is 2.12. The Labute approximate surface area is 105 Å². The van der Waals surface area contributed by atoms with Crippen molar-refractivity contribution in [3.8, 4) is 12.1 Å². The lowest BCUT2D eigenvalue weighted by Crippen LogP contribution is -2.03. The van der Waals surface area contributed by atoms with Crippen molar-refractivity contribution >= 4 is 5.82 Å². The quantitative estimate of drug-likeness (QED) is 0.885. The van der Waals surface area contributed by atoms with Gasteiger partial charge in [0.05, 0.1) is 17.2 Å². The molecular weight excluding hydrogens is 224 g/mol. The summed E-state index contributed by atoms with van der Waals surface area (Å²) in [5.74, 6) is 0.558. The summed E-state index contributed by atoms with van der Waals surface area (Å²) in [6.07, 6.45) is 1.63. The molecule has 1 heterocycles. The first-order chi connectivity index (χ1) is 8.83. The molecule has 4 heteroatoms. The number of aromatic nitrogens is 1. The highest BCUT2D eigenvalue weighted by Gasteiger charge is 2.02. The van der Waals surface area contributed by atoms with Gasteiger partial charge in [-0.15, -0.1) is 0 Å². The first-order valence-corrected chi connectivity index (χ1v) is 5.41. The van der Waals surface area contributed by atoms with E-state index in [4.69, 9.17) is 10.5 Å². The van der Waals surface area contributed by atoms with Gasteiger partial charge < -0.3 is 5.32 Å². The standard InChI is InChI=1S/C14H10N4/c15-8-11-3-1-4-12(7-11)10-18-14-13(9-16)5-2-6-17-14/h1-7H,10H2,(H,17,18). The van der Waals surface area contributed by atoms with E-state index in [2.05, 4.69) is 22.4 Å². The lowest BCUT2D eigenvalue weighted by Gasteiger charge is -2.06. The van der Waals surface area contributed by atoms with E-state index in [-0.39, 0.29) is 0 Å². The number of nitrogens with zero attached hydrogens (tertiary/aromatic N) is 3. The minimum atomic E-state index is 0.508. The van der Waals surface area contributed by atoms with Crippen LogP contribution in [0.3, 0.4) is 0 Å². The first-order valence-electron chi connectivity index (χ1n) is 5.41. The Morgan fingerprint density at radius 1 is 1.11 bits per heavy atom. The zero-order valence-corrected chi connectivity index (χ0v) is 9.59. The maximum absolute atomic E-state index is 8.92. The molecule has 4 nitrogen and oxygen atoms in total. The Bertz CT molecular complexity index is 635. The molecule has 1 N–H and O–H groups in total. The van der Waals surface area contributed by atoms with Gasteiger partial charge in [0.15, 0.2) is 0 Å². The van der Waals surface area contributed by atoms with Crippen LogP contribution >= 0.6 is 0 Å². The van der Waals surface area contributed by atoms with Crippen LogP contribution in [0.4, 0.5) is 5.82 Å². The number of nitriles is 2. The van der Waals surface area contributed by atoms with Crippen LogP contribution in [-0.2, 0) is 6.54 Å². The first kappa shape index (κ1) is 11.6. The number of hydrogen-bond acceptors (Lipinski definition) is 4. The molecule has 1 aromatic carbocycles. The van der Waals surface area contributed by atoms with E-state index in [0.717, 1.165) is 5.56 Å². The zero-order valence-electron chi connectivity index (χ0n) is 9.59. The lowest BCUT2D eigenvalue weighted by atomic mass is 10.1. The van der Waals surface area contributed by atoms with Gasteiger partial charge >= 0.3 is 0 Å². The highest BCUT2D eigenvalue weighted by atomic mass is 15.0. The van der Waals surface area contributed by atoms with Gasteiger partial charge in [0.1, 0.15) is 11.9 Å². The Kier molecular flexibility index (Phi) is 3.53. The predicted octanol–water partition coefficient (Wildman–Crippen LogP) is 2.44. The van der Waals surface area contributed by atoms with Crippen molar-refractivity contribution in [2.45, 2.75) is 6.54 Å². The molecule has 0 atom stereocenters. The molecule has 0 saturated heterocycles. The van der Waals surface area contributed by atoms with Crippen molar-refractivity contribution in [2.75, 3.05) is 5.32 Å². The van der Waals surface area contributed by atoms with E-state index >= 15 is 0 Å². The topological polar surface area (TPSA) is 72.5 Å². The van der Waals surface area contributed by atoms with E-state index in [9.17, 15) is 0 Å². The maximum Gasteiger partial charge on any atom is 0.144 e. The fourth-order valence-electron chi connectivity index (χ4n) is 1.57. The molecular formula is C14H10N4. The fraction of sp³-hybridized carbons (Fsp3) is 0.0714. The van der Waals surface area contributed by atoms with E-state index in [0.29, 0.717) is 23.5 Å². The van der Waals surface area contributed by atoms with Gasteiger partial charge in [-0.05, 0) is 29.8 Å². The second kappa shape index (κ2) is 5.47. The van der Waals surface area contributed by atoms with Crippen LogP contribution in [0.5, 0.6) is 0 Å². The van der Waals surface area contributed by atoms with E-state index in [1.165, 1.54) is 0 Å². The van der Waals surface area contributed by atoms with Gasteiger partial charge in [0.2, 0.25) is 0 Å². The average molecular weight is 234 g/mol. The number of nitrogens with one attached hydrogen (secondary N) is 1. The minimum absolute atomic E-state index is 0.508. The summed E-state index contributed by atoms with van der Waals surface area (Å²) >= 11 is 0. The molecule has 86 valence electrons. The molecule has 0 amide bonds. The molecule has 0 aliphatic heterocycles. The summed E-state index contributed by atoms with van der Waals surface area (Å²) in [5.41, 5.74) is 2.10. The Morgan fingerprint density at radius 3 is 2.78 bits per heavy atom. The summed E-state index contributed by atoms with van der Waals surface area (Å²) < 4.78 is 0. The zero-order chi connectivity index (χ0) is 12.8. The second-order valence-electron chi connectivity index (χ2n) is 3.68. The number of benzene rings is 1. The average Bonchev–Trinajstić information content (AvgIpc) is 2.45. The largest absolute Gasteiger partial charge is 0.365 e. The summed E-state index contributed by atoms with van der Waals surface area (Å²) in [5, 5.41) is 20.8. The van der Waals surface area contributed by atoms with Gasteiger partial charge in [-0.3, -0.25) is 0 Å². The molecule has 0 radical (unpaired) electrons. The molecule has 0 aliphatic carbocycles. The van der Waals surface area contributed by atoms with E-state index < -0.39 is 0 Å². The van der Waals surface area contributed by atoms with Gasteiger partial charge in [0.25, 0.3) is 0 Å². The van der Waals surface area contributed by atoms with Crippen molar-refractivity contribution in [3.63, 3.8) is 0 Å². The summed E-state index contributed by atoms with van der Waals surface area (Å²) in [4.78, 5) is 4.11. The molecule has 2 aromatic rings. The molecule has 0 unspecified atom stereocenters. The number of rotatable bonds is 3. The number of hydrogen-bond donors (Lipinski definition) is 1. The van der Waals surface area contributed by atoms with Gasteiger partial charge in [-0.25, -0.2) is 4.98 Å². The summed E-state index contributed by atoms with van der Waals surface area (Å²) in [6, 6.07) is 14.9. The number of anilines is 1. The van der Waals surface area contributed by atoms with E-state index in [1.807, 2.05) is 18.2 Å². The van der Waals surface area contributed by atoms with Gasteiger partial charge in [0, 0.05) is 12.7 Å². The SMILES string of the molecule is N#Cc1cccc(CNc2ncccc2C#N)c1. The monoisotopic (exact) mass is 234 g/mol. The van der Waals surface area contributed by atoms with Crippen molar-refractivity contribution in [1.82, 2.24) is 4.98 Å². The minimum Gasteiger partial charge on any atom is -0.365 e. The van der Waals surface area contributed by atoms with Crippen LogP contribution in [-0.4, -0.2) is 4.98 Å². The molecule has 0 bridgehead atoms. The van der Waals surface area contributed by atoms with Crippen LogP contribution in [0.15, 0.2) is 42.6 Å². The Morgan fingerprint density at radius 2 is 2.00 bits per heavy atom. The van der Waals surface area contributed by atoms with Gasteiger partial charge in [-0.2, -0.15) is 10.5 Å². The molecule has 0 fully saturated rings. The highest BCUT2D eigenvalue weighted by molar-refractivity contribution is 5.51.